The Morgan fingerprint density at radius 1 is 0.900 bits per heavy atom. The van der Waals surface area contributed by atoms with Crippen molar-refractivity contribution in [3.05, 3.63) is 59.4 Å². The summed E-state index contributed by atoms with van der Waals surface area (Å²) in [4.78, 5) is 4.44. The minimum Gasteiger partial charge on any atom is -0.493 e. The van der Waals surface area contributed by atoms with Crippen LogP contribution in [0.4, 0.5) is 0 Å². The smallest absolute Gasteiger partial charge is 0.119 e. The maximum atomic E-state index is 5.76. The fraction of sp³-hybridized carbons (Fsp3) is 0.389. The highest BCUT2D eigenvalue weighted by Crippen LogP contribution is 2.13. The molecule has 0 saturated heterocycles. The third-order valence-electron chi connectivity index (χ3n) is 3.38. The van der Waals surface area contributed by atoms with Gasteiger partial charge in [0.15, 0.2) is 0 Å². The first-order valence-corrected chi connectivity index (χ1v) is 7.47. The van der Waals surface area contributed by atoms with Crippen LogP contribution in [-0.4, -0.2) is 11.6 Å². The minimum atomic E-state index is 0.672. The van der Waals surface area contributed by atoms with Gasteiger partial charge in [0, 0.05) is 18.3 Å². The molecule has 2 rings (SSSR count). The second kappa shape index (κ2) is 7.68. The van der Waals surface area contributed by atoms with Crippen molar-refractivity contribution in [1.82, 2.24) is 4.98 Å². The number of hydrogen-bond donors (Lipinski definition) is 0. The first kappa shape index (κ1) is 14.6. The van der Waals surface area contributed by atoms with Crippen LogP contribution in [0.1, 0.15) is 37.1 Å². The SMILES string of the molecule is CCCc1ccc(OCCc2ccc(CC)cn2)cc1. The number of pyridine rings is 1. The molecular formula is C18H23NO. The summed E-state index contributed by atoms with van der Waals surface area (Å²) in [5.74, 6) is 0.940. The van der Waals surface area contributed by atoms with Gasteiger partial charge in [-0.1, -0.05) is 38.5 Å². The molecule has 0 aliphatic rings. The summed E-state index contributed by atoms with van der Waals surface area (Å²) < 4.78 is 5.76. The van der Waals surface area contributed by atoms with E-state index in [-0.39, 0.29) is 0 Å². The number of benzene rings is 1. The third kappa shape index (κ3) is 4.37. The van der Waals surface area contributed by atoms with E-state index in [0.29, 0.717) is 6.61 Å². The Morgan fingerprint density at radius 2 is 1.65 bits per heavy atom. The van der Waals surface area contributed by atoms with Crippen molar-refractivity contribution in [3.8, 4) is 5.75 Å². The summed E-state index contributed by atoms with van der Waals surface area (Å²) in [6, 6.07) is 12.6. The van der Waals surface area contributed by atoms with Gasteiger partial charge in [-0.05, 0) is 42.2 Å². The van der Waals surface area contributed by atoms with Crippen molar-refractivity contribution in [2.75, 3.05) is 6.61 Å². The lowest BCUT2D eigenvalue weighted by Crippen LogP contribution is -2.03. The molecule has 20 heavy (non-hydrogen) atoms. The van der Waals surface area contributed by atoms with Crippen molar-refractivity contribution >= 4 is 0 Å². The summed E-state index contributed by atoms with van der Waals surface area (Å²) in [5.41, 5.74) is 3.74. The largest absolute Gasteiger partial charge is 0.493 e. The maximum absolute atomic E-state index is 5.76. The summed E-state index contributed by atoms with van der Waals surface area (Å²) in [6.07, 6.45) is 6.15. The number of aromatic nitrogens is 1. The predicted molar refractivity (Wildman–Crippen MR) is 83.3 cm³/mol. The topological polar surface area (TPSA) is 22.1 Å². The zero-order valence-corrected chi connectivity index (χ0v) is 12.4. The minimum absolute atomic E-state index is 0.672. The average Bonchev–Trinajstić information content (AvgIpc) is 2.50. The number of ether oxygens (including phenoxy) is 1. The summed E-state index contributed by atoms with van der Waals surface area (Å²) in [7, 11) is 0. The van der Waals surface area contributed by atoms with Gasteiger partial charge in [-0.15, -0.1) is 0 Å². The molecule has 2 nitrogen and oxygen atoms in total. The molecule has 106 valence electrons. The lowest BCUT2D eigenvalue weighted by atomic mass is 10.1. The summed E-state index contributed by atoms with van der Waals surface area (Å²) in [5, 5.41) is 0. The molecule has 2 aromatic rings. The molecule has 0 fully saturated rings. The first-order chi connectivity index (χ1) is 9.81. The highest BCUT2D eigenvalue weighted by Gasteiger charge is 1.98. The second-order valence-electron chi connectivity index (χ2n) is 5.00. The fourth-order valence-electron chi connectivity index (χ4n) is 2.13. The zero-order valence-electron chi connectivity index (χ0n) is 12.4. The van der Waals surface area contributed by atoms with E-state index in [9.17, 15) is 0 Å². The normalized spacial score (nSPS) is 10.5. The van der Waals surface area contributed by atoms with E-state index in [1.807, 2.05) is 6.20 Å². The monoisotopic (exact) mass is 269 g/mol. The molecule has 0 radical (unpaired) electrons. The van der Waals surface area contributed by atoms with Crippen LogP contribution in [0.3, 0.4) is 0 Å². The Bertz CT molecular complexity index is 502. The Kier molecular flexibility index (Phi) is 5.60. The van der Waals surface area contributed by atoms with Crippen molar-refractivity contribution in [3.63, 3.8) is 0 Å². The lowest BCUT2D eigenvalue weighted by Gasteiger charge is -2.07. The van der Waals surface area contributed by atoms with Crippen molar-refractivity contribution in [2.24, 2.45) is 0 Å². The first-order valence-electron chi connectivity index (χ1n) is 7.47. The summed E-state index contributed by atoms with van der Waals surface area (Å²) >= 11 is 0. The van der Waals surface area contributed by atoms with Gasteiger partial charge >= 0.3 is 0 Å². The van der Waals surface area contributed by atoms with Crippen LogP contribution >= 0.6 is 0 Å². The van der Waals surface area contributed by atoms with Crippen molar-refractivity contribution < 1.29 is 4.74 Å². The molecule has 0 atom stereocenters. The Hall–Kier alpha value is -1.83. The predicted octanol–water partition coefficient (Wildman–Crippen LogP) is 4.22. The van der Waals surface area contributed by atoms with E-state index in [2.05, 4.69) is 55.2 Å². The van der Waals surface area contributed by atoms with Gasteiger partial charge in [-0.2, -0.15) is 0 Å². The quantitative estimate of drug-likeness (QED) is 0.751. The van der Waals surface area contributed by atoms with Crippen LogP contribution < -0.4 is 4.74 Å². The number of hydrogen-bond acceptors (Lipinski definition) is 2. The lowest BCUT2D eigenvalue weighted by molar-refractivity contribution is 0.320. The van der Waals surface area contributed by atoms with Crippen LogP contribution in [-0.2, 0) is 19.3 Å². The Labute approximate surface area is 121 Å². The number of nitrogens with zero attached hydrogens (tertiary/aromatic N) is 1. The fourth-order valence-corrected chi connectivity index (χ4v) is 2.13. The highest BCUT2D eigenvalue weighted by molar-refractivity contribution is 5.27. The van der Waals surface area contributed by atoms with Gasteiger partial charge in [0.2, 0.25) is 0 Å². The van der Waals surface area contributed by atoms with E-state index in [1.165, 1.54) is 17.5 Å². The van der Waals surface area contributed by atoms with Gasteiger partial charge in [-0.25, -0.2) is 0 Å². The molecule has 0 bridgehead atoms. The van der Waals surface area contributed by atoms with Crippen LogP contribution in [0.15, 0.2) is 42.6 Å². The third-order valence-corrected chi connectivity index (χ3v) is 3.38. The van der Waals surface area contributed by atoms with Crippen molar-refractivity contribution in [2.45, 2.75) is 39.5 Å². The van der Waals surface area contributed by atoms with E-state index in [4.69, 9.17) is 4.74 Å². The molecule has 1 aromatic carbocycles. The molecule has 1 heterocycles. The van der Waals surface area contributed by atoms with Gasteiger partial charge in [0.1, 0.15) is 5.75 Å². The number of aryl methyl sites for hydroxylation is 2. The van der Waals surface area contributed by atoms with E-state index in [0.717, 1.165) is 30.7 Å². The standard InChI is InChI=1S/C18H23NO/c1-3-5-16-7-10-18(11-8-16)20-13-12-17-9-6-15(4-2)14-19-17/h6-11,14H,3-5,12-13H2,1-2H3. The van der Waals surface area contributed by atoms with Crippen molar-refractivity contribution in [1.29, 1.82) is 0 Å². The van der Waals surface area contributed by atoms with Gasteiger partial charge < -0.3 is 4.74 Å². The molecule has 0 aliphatic heterocycles. The molecule has 0 aliphatic carbocycles. The zero-order chi connectivity index (χ0) is 14.2. The van der Waals surface area contributed by atoms with Crippen LogP contribution in [0.5, 0.6) is 5.75 Å². The molecule has 0 amide bonds. The van der Waals surface area contributed by atoms with Gasteiger partial charge in [-0.3, -0.25) is 4.98 Å². The van der Waals surface area contributed by atoms with Gasteiger partial charge in [0.05, 0.1) is 6.61 Å². The van der Waals surface area contributed by atoms with Gasteiger partial charge in [0.25, 0.3) is 0 Å². The molecule has 1 aromatic heterocycles. The van der Waals surface area contributed by atoms with E-state index < -0.39 is 0 Å². The molecule has 0 spiro atoms. The highest BCUT2D eigenvalue weighted by atomic mass is 16.5. The second-order valence-corrected chi connectivity index (χ2v) is 5.00. The van der Waals surface area contributed by atoms with Crippen LogP contribution in [0, 0.1) is 0 Å². The maximum Gasteiger partial charge on any atom is 0.119 e. The number of rotatable bonds is 7. The molecular weight excluding hydrogens is 246 g/mol. The average molecular weight is 269 g/mol. The molecule has 0 unspecified atom stereocenters. The summed E-state index contributed by atoms with van der Waals surface area (Å²) in [6.45, 7) is 5.01. The van der Waals surface area contributed by atoms with E-state index >= 15 is 0 Å². The Balaban J connectivity index is 1.79. The molecule has 2 heteroatoms. The molecule has 0 saturated carbocycles. The Morgan fingerprint density at radius 3 is 2.25 bits per heavy atom. The van der Waals surface area contributed by atoms with Crippen LogP contribution in [0.2, 0.25) is 0 Å². The van der Waals surface area contributed by atoms with Crippen LogP contribution in [0.25, 0.3) is 0 Å². The molecule has 0 N–H and O–H groups in total. The van der Waals surface area contributed by atoms with E-state index in [1.54, 1.807) is 0 Å².